The van der Waals surface area contributed by atoms with E-state index in [1.165, 1.54) is 0 Å². The summed E-state index contributed by atoms with van der Waals surface area (Å²) in [6, 6.07) is 20.3. The van der Waals surface area contributed by atoms with Crippen molar-refractivity contribution in [2.45, 2.75) is 12.6 Å². The van der Waals surface area contributed by atoms with Crippen molar-refractivity contribution in [1.82, 2.24) is 4.57 Å². The smallest absolute Gasteiger partial charge is 0.0949 e. The number of aromatic nitrogens is 1. The summed E-state index contributed by atoms with van der Waals surface area (Å²) < 4.78 is 2.06. The van der Waals surface area contributed by atoms with E-state index in [2.05, 4.69) is 28.8 Å². The second-order valence-corrected chi connectivity index (χ2v) is 4.90. The highest BCUT2D eigenvalue weighted by atomic mass is 16.3. The van der Waals surface area contributed by atoms with Crippen molar-refractivity contribution in [2.24, 2.45) is 0 Å². The van der Waals surface area contributed by atoms with Crippen LogP contribution in [0, 0.1) is 0 Å². The second kappa shape index (κ2) is 5.49. The summed E-state index contributed by atoms with van der Waals surface area (Å²) in [5.74, 6) is 0. The second-order valence-electron chi connectivity index (χ2n) is 4.90. The van der Waals surface area contributed by atoms with E-state index in [1.54, 1.807) is 0 Å². The number of fused-ring (bicyclic) bond motifs is 1. The Hall–Kier alpha value is -2.10. The summed E-state index contributed by atoms with van der Waals surface area (Å²) >= 11 is 0. The quantitative estimate of drug-likeness (QED) is 0.763. The lowest BCUT2D eigenvalue weighted by molar-refractivity contribution is 0.0825. The van der Waals surface area contributed by atoms with Crippen molar-refractivity contribution < 1.29 is 10.2 Å². The first kappa shape index (κ1) is 12.9. The number of hydrogen-bond donors (Lipinski definition) is 2. The Kier molecular flexibility index (Phi) is 3.54. The SMILES string of the molecule is OCC(O)Cn1c(-c2ccccc2)cc2ccccc21. The highest BCUT2D eigenvalue weighted by Gasteiger charge is 2.13. The fourth-order valence-electron chi connectivity index (χ4n) is 2.52. The van der Waals surface area contributed by atoms with Crippen molar-refractivity contribution in [1.29, 1.82) is 0 Å². The molecule has 1 aromatic heterocycles. The van der Waals surface area contributed by atoms with Crippen LogP contribution in [0.5, 0.6) is 0 Å². The van der Waals surface area contributed by atoms with Crippen molar-refractivity contribution in [3.63, 3.8) is 0 Å². The zero-order valence-corrected chi connectivity index (χ0v) is 11.1. The molecule has 0 aliphatic rings. The van der Waals surface area contributed by atoms with E-state index in [9.17, 15) is 5.11 Å². The molecular formula is C17H17NO2. The molecule has 1 unspecified atom stereocenters. The number of nitrogens with zero attached hydrogens (tertiary/aromatic N) is 1. The normalized spacial score (nSPS) is 12.7. The Morgan fingerprint density at radius 3 is 2.40 bits per heavy atom. The van der Waals surface area contributed by atoms with E-state index in [4.69, 9.17) is 5.11 Å². The highest BCUT2D eigenvalue weighted by Crippen LogP contribution is 2.28. The molecule has 0 saturated carbocycles. The van der Waals surface area contributed by atoms with Gasteiger partial charge in [0, 0.05) is 16.6 Å². The van der Waals surface area contributed by atoms with Gasteiger partial charge >= 0.3 is 0 Å². The number of para-hydroxylation sites is 1. The van der Waals surface area contributed by atoms with Crippen LogP contribution < -0.4 is 0 Å². The molecule has 20 heavy (non-hydrogen) atoms. The van der Waals surface area contributed by atoms with Gasteiger partial charge in [0.15, 0.2) is 0 Å². The minimum Gasteiger partial charge on any atom is -0.394 e. The van der Waals surface area contributed by atoms with Gasteiger partial charge in [-0.2, -0.15) is 0 Å². The van der Waals surface area contributed by atoms with Crippen molar-refractivity contribution in [3.8, 4) is 11.3 Å². The summed E-state index contributed by atoms with van der Waals surface area (Å²) in [5.41, 5.74) is 3.23. The Bertz CT molecular complexity index is 703. The van der Waals surface area contributed by atoms with E-state index in [-0.39, 0.29) is 6.61 Å². The molecule has 0 saturated heterocycles. The van der Waals surface area contributed by atoms with Gasteiger partial charge in [-0.05, 0) is 17.7 Å². The Morgan fingerprint density at radius 1 is 0.950 bits per heavy atom. The largest absolute Gasteiger partial charge is 0.394 e. The average molecular weight is 267 g/mol. The van der Waals surface area contributed by atoms with Crippen LogP contribution in [-0.2, 0) is 6.54 Å². The maximum Gasteiger partial charge on any atom is 0.0949 e. The van der Waals surface area contributed by atoms with E-state index >= 15 is 0 Å². The summed E-state index contributed by atoms with van der Waals surface area (Å²) in [5, 5.41) is 20.0. The average Bonchev–Trinajstić information content (AvgIpc) is 2.87. The lowest BCUT2D eigenvalue weighted by atomic mass is 10.1. The topological polar surface area (TPSA) is 45.4 Å². The van der Waals surface area contributed by atoms with Crippen LogP contribution in [0.15, 0.2) is 60.7 Å². The molecule has 0 spiro atoms. The van der Waals surface area contributed by atoms with Gasteiger partial charge in [0.1, 0.15) is 0 Å². The summed E-state index contributed by atoms with van der Waals surface area (Å²) in [6.45, 7) is 0.148. The van der Waals surface area contributed by atoms with Gasteiger partial charge < -0.3 is 14.8 Å². The number of hydrogen-bond acceptors (Lipinski definition) is 2. The molecule has 0 bridgehead atoms. The van der Waals surface area contributed by atoms with E-state index in [1.807, 2.05) is 36.4 Å². The van der Waals surface area contributed by atoms with Crippen molar-refractivity contribution >= 4 is 10.9 Å². The molecular weight excluding hydrogens is 250 g/mol. The molecule has 102 valence electrons. The maximum atomic E-state index is 9.79. The van der Waals surface area contributed by atoms with Crippen LogP contribution in [-0.4, -0.2) is 27.5 Å². The Morgan fingerprint density at radius 2 is 1.65 bits per heavy atom. The molecule has 0 fully saturated rings. The number of aliphatic hydroxyl groups is 2. The number of benzene rings is 2. The van der Waals surface area contributed by atoms with Gasteiger partial charge in [-0.15, -0.1) is 0 Å². The molecule has 3 aromatic rings. The zero-order valence-electron chi connectivity index (χ0n) is 11.1. The van der Waals surface area contributed by atoms with Crippen LogP contribution >= 0.6 is 0 Å². The standard InChI is InChI=1S/C17H17NO2/c19-12-15(20)11-18-16-9-5-4-8-14(16)10-17(18)13-6-2-1-3-7-13/h1-10,15,19-20H,11-12H2. The third-order valence-electron chi connectivity index (χ3n) is 3.48. The van der Waals surface area contributed by atoms with E-state index in [0.717, 1.165) is 22.2 Å². The number of rotatable bonds is 4. The van der Waals surface area contributed by atoms with Gasteiger partial charge in [0.2, 0.25) is 0 Å². The molecule has 0 radical (unpaired) electrons. The van der Waals surface area contributed by atoms with Crippen LogP contribution in [0.3, 0.4) is 0 Å². The monoisotopic (exact) mass is 267 g/mol. The van der Waals surface area contributed by atoms with E-state index < -0.39 is 6.10 Å². The lowest BCUT2D eigenvalue weighted by Crippen LogP contribution is -2.20. The zero-order chi connectivity index (χ0) is 13.9. The summed E-state index contributed by atoms with van der Waals surface area (Å²) in [6.07, 6.45) is -0.756. The summed E-state index contributed by atoms with van der Waals surface area (Å²) in [7, 11) is 0. The molecule has 0 amide bonds. The molecule has 1 atom stereocenters. The fourth-order valence-corrected chi connectivity index (χ4v) is 2.52. The van der Waals surface area contributed by atoms with Crippen LogP contribution in [0.2, 0.25) is 0 Å². The molecule has 3 nitrogen and oxygen atoms in total. The highest BCUT2D eigenvalue weighted by molar-refractivity contribution is 5.87. The third kappa shape index (κ3) is 2.33. The third-order valence-corrected chi connectivity index (χ3v) is 3.48. The van der Waals surface area contributed by atoms with Gasteiger partial charge in [0.05, 0.1) is 19.3 Å². The van der Waals surface area contributed by atoms with E-state index in [0.29, 0.717) is 6.54 Å². The molecule has 2 aromatic carbocycles. The van der Waals surface area contributed by atoms with Crippen LogP contribution in [0.1, 0.15) is 0 Å². The van der Waals surface area contributed by atoms with Crippen molar-refractivity contribution in [3.05, 3.63) is 60.7 Å². The minimum atomic E-state index is -0.756. The maximum absolute atomic E-state index is 9.79. The molecule has 0 aliphatic heterocycles. The first-order valence-electron chi connectivity index (χ1n) is 6.72. The van der Waals surface area contributed by atoms with Crippen molar-refractivity contribution in [2.75, 3.05) is 6.61 Å². The molecule has 3 rings (SSSR count). The molecule has 3 heteroatoms. The van der Waals surface area contributed by atoms with Crippen LogP contribution in [0.4, 0.5) is 0 Å². The number of aliphatic hydroxyl groups excluding tert-OH is 2. The molecule has 1 heterocycles. The minimum absolute atomic E-state index is 0.235. The predicted octanol–water partition coefficient (Wildman–Crippen LogP) is 2.66. The molecule has 2 N–H and O–H groups in total. The summed E-state index contributed by atoms with van der Waals surface area (Å²) in [4.78, 5) is 0. The molecule has 0 aliphatic carbocycles. The van der Waals surface area contributed by atoms with Gasteiger partial charge in [-0.25, -0.2) is 0 Å². The Labute approximate surface area is 117 Å². The van der Waals surface area contributed by atoms with Gasteiger partial charge in [-0.1, -0.05) is 48.5 Å². The van der Waals surface area contributed by atoms with Gasteiger partial charge in [-0.3, -0.25) is 0 Å². The van der Waals surface area contributed by atoms with Crippen LogP contribution in [0.25, 0.3) is 22.2 Å². The first-order valence-corrected chi connectivity index (χ1v) is 6.72. The predicted molar refractivity (Wildman–Crippen MR) is 80.5 cm³/mol. The fraction of sp³-hybridized carbons (Fsp3) is 0.176. The first-order chi connectivity index (χ1) is 9.79. The Balaban J connectivity index is 2.17. The lowest BCUT2D eigenvalue weighted by Gasteiger charge is -2.14. The van der Waals surface area contributed by atoms with Gasteiger partial charge in [0.25, 0.3) is 0 Å².